The average molecular weight is 471 g/mol. The molecule has 0 saturated carbocycles. The highest BCUT2D eigenvalue weighted by atomic mass is 127. The van der Waals surface area contributed by atoms with Gasteiger partial charge in [-0.1, -0.05) is 18.2 Å². The lowest BCUT2D eigenvalue weighted by molar-refractivity contribution is -0.671. The Hall–Kier alpha value is -2.09. The Balaban J connectivity index is 0.00000243. The van der Waals surface area contributed by atoms with Crippen molar-refractivity contribution in [1.82, 2.24) is 0 Å². The molecule has 0 saturated heterocycles. The fourth-order valence-electron chi connectivity index (χ4n) is 2.71. The van der Waals surface area contributed by atoms with Gasteiger partial charge in [0.2, 0.25) is 0 Å². The van der Waals surface area contributed by atoms with Crippen LogP contribution >= 0.6 is 0 Å². The Bertz CT molecular complexity index is 892. The van der Waals surface area contributed by atoms with Crippen molar-refractivity contribution in [2.24, 2.45) is 7.05 Å². The molecule has 0 atom stereocenters. The van der Waals surface area contributed by atoms with Crippen LogP contribution in [0.15, 0.2) is 67.0 Å². The maximum absolute atomic E-state index is 12.7. The van der Waals surface area contributed by atoms with Crippen LogP contribution in [0.4, 0.5) is 13.2 Å². The van der Waals surface area contributed by atoms with E-state index in [4.69, 9.17) is 4.74 Å². The highest BCUT2D eigenvalue weighted by Gasteiger charge is 2.30. The maximum atomic E-state index is 12.7. The third kappa shape index (κ3) is 4.35. The molecule has 1 heterocycles. The molecule has 0 unspecified atom stereocenters. The summed E-state index contributed by atoms with van der Waals surface area (Å²) < 4.78 is 45.5. The molecule has 0 N–H and O–H groups in total. The van der Waals surface area contributed by atoms with E-state index in [1.54, 1.807) is 7.11 Å². The van der Waals surface area contributed by atoms with Gasteiger partial charge in [0, 0.05) is 17.2 Å². The topological polar surface area (TPSA) is 13.1 Å². The SMILES string of the molecule is COc1ccc(-c2ccc(C(F)(F)F)cc2)cc1-c1ccc[n+](C)c1.[I-]. The number of hydrogen-bond acceptors (Lipinski definition) is 1. The molecule has 0 bridgehead atoms. The van der Waals surface area contributed by atoms with Gasteiger partial charge in [-0.25, -0.2) is 4.57 Å². The van der Waals surface area contributed by atoms with Crippen molar-refractivity contribution in [3.05, 3.63) is 72.6 Å². The van der Waals surface area contributed by atoms with E-state index in [0.29, 0.717) is 5.75 Å². The molecule has 1 aromatic heterocycles. The summed E-state index contributed by atoms with van der Waals surface area (Å²) in [5, 5.41) is 0. The number of ether oxygens (including phenoxy) is 1. The lowest BCUT2D eigenvalue weighted by atomic mass is 9.98. The lowest BCUT2D eigenvalue weighted by Crippen LogP contribution is -3.00. The Morgan fingerprint density at radius 1 is 0.885 bits per heavy atom. The van der Waals surface area contributed by atoms with E-state index in [2.05, 4.69) is 0 Å². The number of halogens is 4. The quantitative estimate of drug-likeness (QED) is 0.420. The molecule has 2 nitrogen and oxygen atoms in total. The minimum Gasteiger partial charge on any atom is -1.00 e. The van der Waals surface area contributed by atoms with Crippen LogP contribution in [0.5, 0.6) is 5.75 Å². The van der Waals surface area contributed by atoms with Crippen molar-refractivity contribution in [2.75, 3.05) is 7.11 Å². The summed E-state index contributed by atoms with van der Waals surface area (Å²) in [6.07, 6.45) is -0.438. The van der Waals surface area contributed by atoms with Crippen LogP contribution in [0.25, 0.3) is 22.3 Å². The van der Waals surface area contributed by atoms with E-state index in [-0.39, 0.29) is 24.0 Å². The largest absolute Gasteiger partial charge is 1.00 e. The average Bonchev–Trinajstić information content (AvgIpc) is 2.60. The second-order valence-electron chi connectivity index (χ2n) is 5.75. The fraction of sp³-hybridized carbons (Fsp3) is 0.150. The van der Waals surface area contributed by atoms with E-state index >= 15 is 0 Å². The normalized spacial score (nSPS) is 11.0. The number of benzene rings is 2. The second kappa shape index (κ2) is 8.07. The van der Waals surface area contributed by atoms with Gasteiger partial charge in [0.1, 0.15) is 12.8 Å². The molecular formula is C20H17F3INO. The van der Waals surface area contributed by atoms with Crippen LogP contribution in [-0.4, -0.2) is 7.11 Å². The number of aromatic nitrogens is 1. The minimum atomic E-state index is -4.33. The Kier molecular flexibility index (Phi) is 6.28. The minimum absolute atomic E-state index is 0. The van der Waals surface area contributed by atoms with Crippen molar-refractivity contribution in [1.29, 1.82) is 0 Å². The van der Waals surface area contributed by atoms with Crippen LogP contribution in [0.3, 0.4) is 0 Å². The molecule has 0 aliphatic rings. The van der Waals surface area contributed by atoms with E-state index in [9.17, 15) is 13.2 Å². The van der Waals surface area contributed by atoms with Crippen LogP contribution < -0.4 is 33.3 Å². The molecule has 3 rings (SSSR count). The summed E-state index contributed by atoms with van der Waals surface area (Å²) in [7, 11) is 3.52. The smallest absolute Gasteiger partial charge is 0.416 e. The number of rotatable bonds is 3. The zero-order valence-corrected chi connectivity index (χ0v) is 16.4. The van der Waals surface area contributed by atoms with Gasteiger partial charge in [0.25, 0.3) is 0 Å². The molecule has 6 heteroatoms. The third-order valence-corrected chi connectivity index (χ3v) is 4.00. The summed E-state index contributed by atoms with van der Waals surface area (Å²) in [5.74, 6) is 0.710. The fourth-order valence-corrected chi connectivity index (χ4v) is 2.71. The van der Waals surface area contributed by atoms with Gasteiger partial charge in [-0.15, -0.1) is 0 Å². The highest BCUT2D eigenvalue weighted by molar-refractivity contribution is 5.77. The maximum Gasteiger partial charge on any atom is 0.416 e. The third-order valence-electron chi connectivity index (χ3n) is 4.00. The van der Waals surface area contributed by atoms with E-state index < -0.39 is 11.7 Å². The summed E-state index contributed by atoms with van der Waals surface area (Å²) in [6.45, 7) is 0. The van der Waals surface area contributed by atoms with Crippen molar-refractivity contribution in [2.45, 2.75) is 6.18 Å². The van der Waals surface area contributed by atoms with Crippen molar-refractivity contribution in [3.8, 4) is 28.0 Å². The van der Waals surface area contributed by atoms with Crippen LogP contribution in [0, 0.1) is 0 Å². The van der Waals surface area contributed by atoms with E-state index in [1.165, 1.54) is 12.1 Å². The van der Waals surface area contributed by atoms with Gasteiger partial charge in [-0.2, -0.15) is 13.2 Å². The molecule has 0 aliphatic heterocycles. The first-order chi connectivity index (χ1) is 11.9. The van der Waals surface area contributed by atoms with Crippen LogP contribution in [0.1, 0.15) is 5.56 Å². The first-order valence-corrected chi connectivity index (χ1v) is 7.70. The predicted octanol–water partition coefficient (Wildman–Crippen LogP) is 1.88. The van der Waals surface area contributed by atoms with E-state index in [1.807, 2.05) is 54.3 Å². The number of hydrogen-bond donors (Lipinski definition) is 0. The monoisotopic (exact) mass is 471 g/mol. The number of alkyl halides is 3. The van der Waals surface area contributed by atoms with Gasteiger partial charge in [0.15, 0.2) is 12.4 Å². The summed E-state index contributed by atoms with van der Waals surface area (Å²) >= 11 is 0. The first-order valence-electron chi connectivity index (χ1n) is 7.70. The van der Waals surface area contributed by atoms with Crippen molar-refractivity contribution >= 4 is 0 Å². The lowest BCUT2D eigenvalue weighted by Gasteiger charge is -2.12. The molecule has 0 radical (unpaired) electrons. The number of pyridine rings is 1. The molecule has 136 valence electrons. The molecule has 0 fully saturated rings. The highest BCUT2D eigenvalue weighted by Crippen LogP contribution is 2.35. The molecule has 2 aromatic carbocycles. The van der Waals surface area contributed by atoms with Gasteiger partial charge < -0.3 is 28.7 Å². The predicted molar refractivity (Wildman–Crippen MR) is 90.0 cm³/mol. The number of methoxy groups -OCH3 is 1. The summed E-state index contributed by atoms with van der Waals surface area (Å²) in [6, 6.07) is 14.7. The molecular weight excluding hydrogens is 454 g/mol. The summed E-state index contributed by atoms with van der Waals surface area (Å²) in [4.78, 5) is 0. The molecule has 0 aliphatic carbocycles. The van der Waals surface area contributed by atoms with Crippen LogP contribution in [-0.2, 0) is 13.2 Å². The van der Waals surface area contributed by atoms with Crippen molar-refractivity contribution < 1.29 is 46.5 Å². The Labute approximate surface area is 167 Å². The Morgan fingerprint density at radius 3 is 2.12 bits per heavy atom. The summed E-state index contributed by atoms with van der Waals surface area (Å²) in [5.41, 5.74) is 2.75. The second-order valence-corrected chi connectivity index (χ2v) is 5.75. The van der Waals surface area contributed by atoms with Gasteiger partial charge in [-0.3, -0.25) is 0 Å². The van der Waals surface area contributed by atoms with Crippen molar-refractivity contribution in [3.63, 3.8) is 0 Å². The van der Waals surface area contributed by atoms with Gasteiger partial charge in [0.05, 0.1) is 12.7 Å². The first kappa shape index (κ1) is 20.2. The molecule has 26 heavy (non-hydrogen) atoms. The molecule has 0 spiro atoms. The zero-order valence-electron chi connectivity index (χ0n) is 14.2. The number of aryl methyl sites for hydroxylation is 1. The van der Waals surface area contributed by atoms with Crippen LogP contribution in [0.2, 0.25) is 0 Å². The number of nitrogens with zero attached hydrogens (tertiary/aromatic N) is 1. The molecule has 0 amide bonds. The zero-order chi connectivity index (χ0) is 18.0. The van der Waals surface area contributed by atoms with Gasteiger partial charge >= 0.3 is 6.18 Å². The standard InChI is InChI=1S/C20H17F3NO.HI/c1-24-11-3-4-16(13-24)18-12-15(7-10-19(18)25-2)14-5-8-17(9-6-14)20(21,22)23;/h3-13H,1-2H3;1H/q+1;/p-1. The van der Waals surface area contributed by atoms with E-state index in [0.717, 1.165) is 34.4 Å². The van der Waals surface area contributed by atoms with Gasteiger partial charge in [-0.05, 0) is 41.5 Å². The molecule has 3 aromatic rings. The Morgan fingerprint density at radius 2 is 1.54 bits per heavy atom.